The van der Waals surface area contributed by atoms with Crippen LogP contribution >= 0.6 is 0 Å². The van der Waals surface area contributed by atoms with Gasteiger partial charge >= 0.3 is 0 Å². The molecule has 1 unspecified atom stereocenters. The zero-order valence-corrected chi connectivity index (χ0v) is 14.5. The van der Waals surface area contributed by atoms with E-state index < -0.39 is 0 Å². The maximum absolute atomic E-state index is 6.32. The van der Waals surface area contributed by atoms with Crippen LogP contribution in [0.1, 0.15) is 44.0 Å². The first-order chi connectivity index (χ1) is 11.2. The van der Waals surface area contributed by atoms with Gasteiger partial charge in [-0.15, -0.1) is 0 Å². The Labute approximate surface area is 140 Å². The molecule has 3 N–H and O–H groups in total. The molecule has 0 saturated carbocycles. The summed E-state index contributed by atoms with van der Waals surface area (Å²) in [5.74, 6) is 0. The molecule has 1 heterocycles. The van der Waals surface area contributed by atoms with Gasteiger partial charge in [0.2, 0.25) is 0 Å². The van der Waals surface area contributed by atoms with Crippen molar-refractivity contribution in [2.45, 2.75) is 46.2 Å². The molecule has 3 heteroatoms. The smallest absolute Gasteiger partial charge is 0.0476 e. The molecule has 3 nitrogen and oxygen atoms in total. The molecule has 124 valence electrons. The number of benzene rings is 1. The summed E-state index contributed by atoms with van der Waals surface area (Å²) in [5, 5.41) is 3.45. The van der Waals surface area contributed by atoms with Gasteiger partial charge in [0.25, 0.3) is 0 Å². The molecule has 1 aromatic heterocycles. The molecular weight excluding hydrogens is 282 g/mol. The lowest BCUT2D eigenvalue weighted by Crippen LogP contribution is -2.31. The minimum Gasteiger partial charge on any atom is -0.401 e. The Morgan fingerprint density at radius 3 is 2.61 bits per heavy atom. The predicted molar refractivity (Wildman–Crippen MR) is 99.3 cm³/mol. The van der Waals surface area contributed by atoms with E-state index in [0.29, 0.717) is 0 Å². The van der Waals surface area contributed by atoms with Crippen LogP contribution in [0.3, 0.4) is 0 Å². The third kappa shape index (κ3) is 4.73. The van der Waals surface area contributed by atoms with Crippen molar-refractivity contribution in [3.8, 4) is 0 Å². The van der Waals surface area contributed by atoms with Gasteiger partial charge in [0, 0.05) is 30.2 Å². The number of aryl methyl sites for hydroxylation is 1. The number of nitrogens with zero attached hydrogens (tertiary/aromatic N) is 1. The van der Waals surface area contributed by atoms with E-state index in [4.69, 9.17) is 5.73 Å². The average molecular weight is 311 g/mol. The summed E-state index contributed by atoms with van der Waals surface area (Å²) in [6, 6.07) is 12.9. The van der Waals surface area contributed by atoms with Crippen LogP contribution in [-0.2, 0) is 13.0 Å². The number of hydrogen-bond donors (Lipinski definition) is 2. The second-order valence-corrected chi connectivity index (χ2v) is 6.01. The lowest BCUT2D eigenvalue weighted by atomic mass is 10.1. The van der Waals surface area contributed by atoms with Crippen molar-refractivity contribution in [2.24, 2.45) is 5.73 Å². The summed E-state index contributed by atoms with van der Waals surface area (Å²) < 4.78 is 2.29. The van der Waals surface area contributed by atoms with E-state index in [-0.39, 0.29) is 6.04 Å². The van der Waals surface area contributed by atoms with Crippen molar-refractivity contribution in [1.29, 1.82) is 0 Å². The van der Waals surface area contributed by atoms with Gasteiger partial charge < -0.3 is 15.6 Å². The van der Waals surface area contributed by atoms with Gasteiger partial charge in [0.15, 0.2) is 0 Å². The van der Waals surface area contributed by atoms with Gasteiger partial charge in [0.1, 0.15) is 0 Å². The molecule has 2 rings (SSSR count). The summed E-state index contributed by atoms with van der Waals surface area (Å²) in [5.41, 5.74) is 11.1. The van der Waals surface area contributed by atoms with Crippen molar-refractivity contribution in [2.75, 3.05) is 6.54 Å². The van der Waals surface area contributed by atoms with E-state index in [9.17, 15) is 0 Å². The van der Waals surface area contributed by atoms with E-state index in [1.54, 1.807) is 0 Å². The Hall–Kier alpha value is -2.00. The Balaban J connectivity index is 2.24. The van der Waals surface area contributed by atoms with Crippen LogP contribution in [0, 0.1) is 0 Å². The number of nitrogens with one attached hydrogen (secondary N) is 1. The molecule has 0 aliphatic rings. The number of rotatable bonds is 8. The van der Waals surface area contributed by atoms with Gasteiger partial charge in [-0.05, 0) is 49.6 Å². The fourth-order valence-electron chi connectivity index (χ4n) is 2.68. The minimum absolute atomic E-state index is 0.194. The minimum atomic E-state index is 0.194. The third-order valence-corrected chi connectivity index (χ3v) is 4.17. The molecule has 0 radical (unpaired) electrons. The molecule has 1 aromatic carbocycles. The molecule has 23 heavy (non-hydrogen) atoms. The molecule has 0 amide bonds. The first-order valence-electron chi connectivity index (χ1n) is 8.58. The number of hydrogen-bond acceptors (Lipinski definition) is 2. The molecule has 2 aromatic rings. The van der Waals surface area contributed by atoms with Crippen LogP contribution in [0.5, 0.6) is 0 Å². The van der Waals surface area contributed by atoms with Gasteiger partial charge in [-0.1, -0.05) is 44.2 Å². The lowest BCUT2D eigenvalue weighted by Gasteiger charge is -2.15. The zero-order chi connectivity index (χ0) is 16.7. The fourth-order valence-corrected chi connectivity index (χ4v) is 2.68. The highest BCUT2D eigenvalue weighted by Gasteiger charge is 2.10. The van der Waals surface area contributed by atoms with Crippen molar-refractivity contribution >= 4 is 6.08 Å². The predicted octanol–water partition coefficient (Wildman–Crippen LogP) is 3.79. The lowest BCUT2D eigenvalue weighted by molar-refractivity contribution is 0.599. The Bertz CT molecular complexity index is 626. The van der Waals surface area contributed by atoms with E-state index in [0.717, 1.165) is 31.6 Å². The first kappa shape index (κ1) is 17.4. The average Bonchev–Trinajstić information content (AvgIpc) is 2.95. The molecule has 0 spiro atoms. The quantitative estimate of drug-likeness (QED) is 0.779. The molecule has 0 bridgehead atoms. The maximum atomic E-state index is 6.32. The van der Waals surface area contributed by atoms with E-state index >= 15 is 0 Å². The SMILES string of the molecule is CCCNC(C)/C(N)=C/c1c(CC)ccn1Cc1ccccc1. The van der Waals surface area contributed by atoms with Crippen LogP contribution in [0.4, 0.5) is 0 Å². The highest BCUT2D eigenvalue weighted by molar-refractivity contribution is 5.54. The van der Waals surface area contributed by atoms with Crippen molar-refractivity contribution in [3.05, 3.63) is 65.1 Å². The molecule has 0 saturated heterocycles. The van der Waals surface area contributed by atoms with Crippen molar-refractivity contribution < 1.29 is 0 Å². The highest BCUT2D eigenvalue weighted by Crippen LogP contribution is 2.18. The normalized spacial score (nSPS) is 13.3. The Morgan fingerprint density at radius 2 is 1.96 bits per heavy atom. The summed E-state index contributed by atoms with van der Waals surface area (Å²) >= 11 is 0. The largest absolute Gasteiger partial charge is 0.401 e. The monoisotopic (exact) mass is 311 g/mol. The summed E-state index contributed by atoms with van der Waals surface area (Å²) in [4.78, 5) is 0. The summed E-state index contributed by atoms with van der Waals surface area (Å²) in [7, 11) is 0. The second kappa shape index (κ2) is 8.59. The molecule has 0 aliphatic carbocycles. The van der Waals surface area contributed by atoms with Crippen LogP contribution < -0.4 is 11.1 Å². The Morgan fingerprint density at radius 1 is 1.22 bits per heavy atom. The topological polar surface area (TPSA) is 43.0 Å². The first-order valence-corrected chi connectivity index (χ1v) is 8.58. The zero-order valence-electron chi connectivity index (χ0n) is 14.5. The van der Waals surface area contributed by atoms with E-state index in [1.165, 1.54) is 16.8 Å². The van der Waals surface area contributed by atoms with E-state index in [2.05, 4.69) is 79.3 Å². The number of nitrogens with two attached hydrogens (primary N) is 1. The van der Waals surface area contributed by atoms with Gasteiger partial charge in [-0.2, -0.15) is 0 Å². The maximum Gasteiger partial charge on any atom is 0.0476 e. The van der Waals surface area contributed by atoms with Crippen LogP contribution in [0.25, 0.3) is 6.08 Å². The van der Waals surface area contributed by atoms with Crippen LogP contribution in [0.15, 0.2) is 48.3 Å². The summed E-state index contributed by atoms with van der Waals surface area (Å²) in [6.45, 7) is 8.34. The molecule has 0 fully saturated rings. The second-order valence-electron chi connectivity index (χ2n) is 6.01. The van der Waals surface area contributed by atoms with Gasteiger partial charge in [-0.3, -0.25) is 0 Å². The summed E-state index contributed by atoms with van der Waals surface area (Å²) in [6.07, 6.45) is 6.42. The van der Waals surface area contributed by atoms with Crippen molar-refractivity contribution in [1.82, 2.24) is 9.88 Å². The highest BCUT2D eigenvalue weighted by atomic mass is 15.0. The molecular formula is C20H29N3. The molecule has 0 aliphatic heterocycles. The van der Waals surface area contributed by atoms with Crippen LogP contribution in [0.2, 0.25) is 0 Å². The van der Waals surface area contributed by atoms with Crippen LogP contribution in [-0.4, -0.2) is 17.2 Å². The van der Waals surface area contributed by atoms with E-state index in [1.807, 2.05) is 0 Å². The Kier molecular flexibility index (Phi) is 6.48. The standard InChI is InChI=1S/C20H29N3/c1-4-12-22-16(3)19(21)14-20-18(5-2)11-13-23(20)15-17-9-7-6-8-10-17/h6-11,13-14,16,22H,4-5,12,15,21H2,1-3H3/b19-14-. The van der Waals surface area contributed by atoms with Crippen molar-refractivity contribution in [3.63, 3.8) is 0 Å². The van der Waals surface area contributed by atoms with Gasteiger partial charge in [-0.25, -0.2) is 0 Å². The molecule has 1 atom stereocenters. The third-order valence-electron chi connectivity index (χ3n) is 4.17. The van der Waals surface area contributed by atoms with Gasteiger partial charge in [0.05, 0.1) is 0 Å². The fraction of sp³-hybridized carbons (Fsp3) is 0.400. The number of aromatic nitrogens is 1.